The third-order valence-electron chi connectivity index (χ3n) is 2.50. The number of imidazole rings is 1. The molecule has 0 unspecified atom stereocenters. The Kier molecular flexibility index (Phi) is 3.33. The summed E-state index contributed by atoms with van der Waals surface area (Å²) in [5.41, 5.74) is 5.30. The number of nitrogens with two attached hydrogens (primary N) is 1. The van der Waals surface area contributed by atoms with Crippen molar-refractivity contribution in [2.45, 2.75) is 5.03 Å². The summed E-state index contributed by atoms with van der Waals surface area (Å²) in [6.45, 7) is 0. The van der Waals surface area contributed by atoms with Gasteiger partial charge < -0.3 is 10.3 Å². The van der Waals surface area contributed by atoms with Crippen LogP contribution in [-0.4, -0.2) is 18.0 Å². The van der Waals surface area contributed by atoms with Crippen molar-refractivity contribution in [1.29, 1.82) is 5.26 Å². The number of hydrogen-bond donors (Lipinski definition) is 2. The van der Waals surface area contributed by atoms with Gasteiger partial charge in [-0.25, -0.2) is 9.37 Å². The predicted molar refractivity (Wildman–Crippen MR) is 69.5 cm³/mol. The fraction of sp³-hybridized carbons (Fsp3) is 0.0909. The molecule has 2 aromatic rings. The molecule has 1 heterocycles. The topological polar surface area (TPSA) is 114 Å². The molecule has 0 atom stereocenters. The number of aryl methyl sites for hydroxylation is 1. The molecule has 0 spiro atoms. The molecule has 3 N–H and O–H groups in total. The van der Waals surface area contributed by atoms with Crippen LogP contribution in [0.1, 0.15) is 5.56 Å². The highest BCUT2D eigenvalue weighted by Gasteiger charge is 2.22. The molecule has 0 aliphatic carbocycles. The fourth-order valence-electron chi connectivity index (χ4n) is 1.64. The Balaban J connectivity index is 2.42. The van der Waals surface area contributed by atoms with E-state index >= 15 is 0 Å². The maximum atomic E-state index is 13.2. The lowest BCUT2D eigenvalue weighted by molar-refractivity contribution is 0.591. The number of sulfonamides is 1. The van der Waals surface area contributed by atoms with Crippen molar-refractivity contribution in [2.24, 2.45) is 7.05 Å². The maximum absolute atomic E-state index is 13.2. The summed E-state index contributed by atoms with van der Waals surface area (Å²) in [5.74, 6) is -0.877. The predicted octanol–water partition coefficient (Wildman–Crippen LogP) is 0.814. The number of anilines is 2. The standard InChI is InChI=1S/C11H10FN5O2S/c1-17-6-15-10(14)11(17)20(18,19)16-8-2-3-9(12)7(4-8)5-13/h2-4,6,16H,14H2,1H3. The highest BCUT2D eigenvalue weighted by Crippen LogP contribution is 2.21. The Hall–Kier alpha value is -2.60. The van der Waals surface area contributed by atoms with Crippen LogP contribution >= 0.6 is 0 Å². The Morgan fingerprint density at radius 1 is 1.50 bits per heavy atom. The van der Waals surface area contributed by atoms with Gasteiger partial charge in [-0.3, -0.25) is 4.72 Å². The lowest BCUT2D eigenvalue weighted by Gasteiger charge is -2.09. The first-order valence-electron chi connectivity index (χ1n) is 5.34. The number of nitrogens with zero attached hydrogens (tertiary/aromatic N) is 3. The first-order valence-corrected chi connectivity index (χ1v) is 6.82. The molecular formula is C11H10FN5O2S. The summed E-state index contributed by atoms with van der Waals surface area (Å²) in [4.78, 5) is 3.68. The van der Waals surface area contributed by atoms with E-state index in [0.29, 0.717) is 0 Å². The van der Waals surface area contributed by atoms with Crippen LogP contribution < -0.4 is 10.5 Å². The van der Waals surface area contributed by atoms with E-state index in [1.165, 1.54) is 24.0 Å². The molecule has 104 valence electrons. The maximum Gasteiger partial charge on any atom is 0.281 e. The number of nitrogens with one attached hydrogen (secondary N) is 1. The fourth-order valence-corrected chi connectivity index (χ4v) is 2.93. The second kappa shape index (κ2) is 4.82. The first kappa shape index (κ1) is 13.8. The lowest BCUT2D eigenvalue weighted by Crippen LogP contribution is -2.17. The summed E-state index contributed by atoms with van der Waals surface area (Å²) >= 11 is 0. The minimum absolute atomic E-state index is 0.0588. The quantitative estimate of drug-likeness (QED) is 0.870. The molecule has 0 saturated carbocycles. The van der Waals surface area contributed by atoms with Gasteiger partial charge >= 0.3 is 0 Å². The summed E-state index contributed by atoms with van der Waals surface area (Å²) in [6, 6.07) is 4.94. The van der Waals surface area contributed by atoms with Crippen molar-refractivity contribution >= 4 is 21.5 Å². The zero-order valence-corrected chi connectivity index (χ0v) is 11.1. The number of nitrogen functional groups attached to an aromatic ring is 1. The number of halogens is 1. The average Bonchev–Trinajstić information content (AvgIpc) is 2.71. The summed E-state index contributed by atoms with van der Waals surface area (Å²) in [5, 5.41) is 8.50. The minimum atomic E-state index is -3.98. The second-order valence-electron chi connectivity index (χ2n) is 3.96. The molecule has 20 heavy (non-hydrogen) atoms. The Bertz CT molecular complexity index is 787. The number of hydrogen-bond acceptors (Lipinski definition) is 5. The van der Waals surface area contributed by atoms with Gasteiger partial charge in [-0.05, 0) is 18.2 Å². The molecule has 1 aromatic heterocycles. The minimum Gasteiger partial charge on any atom is -0.381 e. The highest BCUT2D eigenvalue weighted by molar-refractivity contribution is 7.92. The zero-order valence-electron chi connectivity index (χ0n) is 10.3. The van der Waals surface area contributed by atoms with Crippen molar-refractivity contribution in [3.05, 3.63) is 35.9 Å². The van der Waals surface area contributed by atoms with Crippen LogP contribution in [0.4, 0.5) is 15.9 Å². The van der Waals surface area contributed by atoms with E-state index in [1.54, 1.807) is 6.07 Å². The van der Waals surface area contributed by atoms with E-state index in [1.807, 2.05) is 0 Å². The van der Waals surface area contributed by atoms with Gasteiger partial charge in [0, 0.05) is 7.05 Å². The number of nitriles is 1. The van der Waals surface area contributed by atoms with Crippen molar-refractivity contribution in [3.8, 4) is 6.07 Å². The van der Waals surface area contributed by atoms with Gasteiger partial charge in [0.05, 0.1) is 17.6 Å². The molecule has 0 fully saturated rings. The highest BCUT2D eigenvalue weighted by atomic mass is 32.2. The smallest absolute Gasteiger partial charge is 0.281 e. The lowest BCUT2D eigenvalue weighted by atomic mass is 10.2. The van der Waals surface area contributed by atoms with Crippen molar-refractivity contribution < 1.29 is 12.8 Å². The normalized spacial score (nSPS) is 11.1. The van der Waals surface area contributed by atoms with Crippen LogP contribution in [-0.2, 0) is 17.1 Å². The van der Waals surface area contributed by atoms with Gasteiger partial charge in [-0.1, -0.05) is 0 Å². The third kappa shape index (κ3) is 2.41. The molecule has 7 nitrogen and oxygen atoms in total. The summed E-state index contributed by atoms with van der Waals surface area (Å²) in [6.07, 6.45) is 1.26. The Morgan fingerprint density at radius 3 is 2.75 bits per heavy atom. The second-order valence-corrected chi connectivity index (χ2v) is 5.56. The SMILES string of the molecule is Cn1cnc(N)c1S(=O)(=O)Nc1ccc(F)c(C#N)c1. The van der Waals surface area contributed by atoms with Crippen LogP contribution in [0, 0.1) is 17.1 Å². The first-order chi connectivity index (χ1) is 9.35. The van der Waals surface area contributed by atoms with Gasteiger partial charge in [0.1, 0.15) is 11.9 Å². The molecule has 0 saturated heterocycles. The van der Waals surface area contributed by atoms with E-state index in [4.69, 9.17) is 11.0 Å². The number of rotatable bonds is 3. The molecule has 9 heteroatoms. The summed E-state index contributed by atoms with van der Waals surface area (Å²) in [7, 11) is -2.50. The van der Waals surface area contributed by atoms with E-state index in [0.717, 1.165) is 12.1 Å². The molecule has 0 bridgehead atoms. The Morgan fingerprint density at radius 2 is 2.20 bits per heavy atom. The van der Waals surface area contributed by atoms with Crippen LogP contribution in [0.3, 0.4) is 0 Å². The Labute approximate surface area is 114 Å². The molecule has 1 aromatic carbocycles. The molecule has 0 aliphatic heterocycles. The van der Waals surface area contributed by atoms with E-state index in [2.05, 4.69) is 9.71 Å². The average molecular weight is 295 g/mol. The van der Waals surface area contributed by atoms with Crippen molar-refractivity contribution in [1.82, 2.24) is 9.55 Å². The zero-order chi connectivity index (χ0) is 14.9. The number of benzene rings is 1. The van der Waals surface area contributed by atoms with Crippen LogP contribution in [0.15, 0.2) is 29.6 Å². The van der Waals surface area contributed by atoms with Crippen molar-refractivity contribution in [2.75, 3.05) is 10.5 Å². The monoisotopic (exact) mass is 295 g/mol. The van der Waals surface area contributed by atoms with E-state index < -0.39 is 15.8 Å². The van der Waals surface area contributed by atoms with Gasteiger partial charge in [-0.2, -0.15) is 13.7 Å². The molecule has 0 aliphatic rings. The largest absolute Gasteiger partial charge is 0.381 e. The van der Waals surface area contributed by atoms with Gasteiger partial charge in [0.15, 0.2) is 10.8 Å². The van der Waals surface area contributed by atoms with Gasteiger partial charge in [-0.15, -0.1) is 0 Å². The molecule has 2 rings (SSSR count). The van der Waals surface area contributed by atoms with Crippen LogP contribution in [0.25, 0.3) is 0 Å². The van der Waals surface area contributed by atoms with E-state index in [-0.39, 0.29) is 22.1 Å². The molecule has 0 amide bonds. The van der Waals surface area contributed by atoms with Crippen LogP contribution in [0.2, 0.25) is 0 Å². The van der Waals surface area contributed by atoms with Crippen LogP contribution in [0.5, 0.6) is 0 Å². The molecular weight excluding hydrogens is 285 g/mol. The van der Waals surface area contributed by atoms with E-state index in [9.17, 15) is 12.8 Å². The third-order valence-corrected chi connectivity index (χ3v) is 4.01. The van der Waals surface area contributed by atoms with Gasteiger partial charge in [0.2, 0.25) is 0 Å². The van der Waals surface area contributed by atoms with Crippen molar-refractivity contribution in [3.63, 3.8) is 0 Å². The number of aromatic nitrogens is 2. The molecule has 0 radical (unpaired) electrons. The summed E-state index contributed by atoms with van der Waals surface area (Å²) < 4.78 is 41.0. The van der Waals surface area contributed by atoms with Gasteiger partial charge in [0.25, 0.3) is 10.0 Å².